The highest BCUT2D eigenvalue weighted by atomic mass is 15.1. The summed E-state index contributed by atoms with van der Waals surface area (Å²) in [6.07, 6.45) is 3.72. The summed E-state index contributed by atoms with van der Waals surface area (Å²) in [5.74, 6) is 0.663. The van der Waals surface area contributed by atoms with Crippen molar-refractivity contribution in [3.63, 3.8) is 0 Å². The Morgan fingerprint density at radius 2 is 2.12 bits per heavy atom. The van der Waals surface area contributed by atoms with Crippen molar-refractivity contribution >= 4 is 0 Å². The van der Waals surface area contributed by atoms with Gasteiger partial charge in [-0.15, -0.1) is 0 Å². The van der Waals surface area contributed by atoms with Crippen molar-refractivity contribution in [3.8, 4) is 0 Å². The van der Waals surface area contributed by atoms with E-state index in [0.717, 1.165) is 13.1 Å². The molecule has 0 aliphatic rings. The van der Waals surface area contributed by atoms with Gasteiger partial charge in [-0.2, -0.15) is 0 Å². The number of hydrogen-bond acceptors (Lipinski definition) is 3. The summed E-state index contributed by atoms with van der Waals surface area (Å²) in [4.78, 5) is 6.38. The van der Waals surface area contributed by atoms with Gasteiger partial charge in [0.15, 0.2) is 0 Å². The molecule has 0 aliphatic carbocycles. The first kappa shape index (κ1) is 13.1. The van der Waals surface area contributed by atoms with Gasteiger partial charge in [0, 0.05) is 31.5 Å². The highest BCUT2D eigenvalue weighted by molar-refractivity contribution is 5.07. The van der Waals surface area contributed by atoms with Crippen molar-refractivity contribution in [3.05, 3.63) is 30.1 Å². The third-order valence-electron chi connectivity index (χ3n) is 2.84. The van der Waals surface area contributed by atoms with Gasteiger partial charge in [0.1, 0.15) is 0 Å². The molecule has 0 saturated carbocycles. The fraction of sp³-hybridized carbons (Fsp3) is 0.615. The van der Waals surface area contributed by atoms with Crippen LogP contribution in [0.3, 0.4) is 0 Å². The Labute approximate surface area is 98.9 Å². The summed E-state index contributed by atoms with van der Waals surface area (Å²) < 4.78 is 0. The summed E-state index contributed by atoms with van der Waals surface area (Å²) in [6, 6.07) is 4.65. The number of pyridine rings is 1. The molecule has 0 saturated heterocycles. The smallest absolute Gasteiger partial charge is 0.0312 e. The Kier molecular flexibility index (Phi) is 5.43. The van der Waals surface area contributed by atoms with Crippen LogP contribution >= 0.6 is 0 Å². The lowest BCUT2D eigenvalue weighted by molar-refractivity contribution is 0.224. The second kappa shape index (κ2) is 6.61. The molecule has 3 nitrogen and oxygen atoms in total. The summed E-state index contributed by atoms with van der Waals surface area (Å²) in [6.45, 7) is 6.43. The largest absolute Gasteiger partial charge is 0.311 e. The van der Waals surface area contributed by atoms with Gasteiger partial charge in [0.25, 0.3) is 0 Å². The summed E-state index contributed by atoms with van der Waals surface area (Å²) in [5, 5.41) is 3.48. The zero-order valence-corrected chi connectivity index (χ0v) is 10.8. The standard InChI is InChI=1S/C13H23N3/c1-11(2)13(16(3)4)10-15-9-12-6-5-7-14-8-12/h5-8,11,13,15H,9-10H2,1-4H3. The van der Waals surface area contributed by atoms with Gasteiger partial charge in [0.05, 0.1) is 0 Å². The Hall–Kier alpha value is -0.930. The van der Waals surface area contributed by atoms with Gasteiger partial charge in [-0.05, 0) is 31.6 Å². The van der Waals surface area contributed by atoms with Crippen molar-refractivity contribution in [2.24, 2.45) is 5.92 Å². The van der Waals surface area contributed by atoms with Crippen LogP contribution in [0.15, 0.2) is 24.5 Å². The normalized spacial score (nSPS) is 13.4. The van der Waals surface area contributed by atoms with E-state index in [4.69, 9.17) is 0 Å². The van der Waals surface area contributed by atoms with E-state index in [1.165, 1.54) is 5.56 Å². The Balaban J connectivity index is 2.34. The number of rotatable bonds is 6. The van der Waals surface area contributed by atoms with E-state index < -0.39 is 0 Å². The molecule has 0 aliphatic heterocycles. The summed E-state index contributed by atoms with van der Waals surface area (Å²) >= 11 is 0. The number of likely N-dealkylation sites (N-methyl/N-ethyl adjacent to an activating group) is 1. The number of nitrogens with zero attached hydrogens (tertiary/aromatic N) is 2. The summed E-state index contributed by atoms with van der Waals surface area (Å²) in [7, 11) is 4.27. The number of hydrogen-bond donors (Lipinski definition) is 1. The van der Waals surface area contributed by atoms with E-state index in [1.807, 2.05) is 12.3 Å². The zero-order valence-electron chi connectivity index (χ0n) is 10.8. The Morgan fingerprint density at radius 3 is 2.62 bits per heavy atom. The first-order valence-corrected chi connectivity index (χ1v) is 5.87. The molecule has 1 aromatic heterocycles. The van der Waals surface area contributed by atoms with Crippen LogP contribution in [0.4, 0.5) is 0 Å². The van der Waals surface area contributed by atoms with Crippen molar-refractivity contribution in [2.75, 3.05) is 20.6 Å². The van der Waals surface area contributed by atoms with Crippen LogP contribution < -0.4 is 5.32 Å². The van der Waals surface area contributed by atoms with Crippen molar-refractivity contribution in [2.45, 2.75) is 26.4 Å². The lowest BCUT2D eigenvalue weighted by atomic mass is 10.0. The maximum atomic E-state index is 4.10. The minimum absolute atomic E-state index is 0.580. The lowest BCUT2D eigenvalue weighted by Crippen LogP contribution is -2.41. The fourth-order valence-electron chi connectivity index (χ4n) is 1.88. The Bertz CT molecular complexity index is 274. The van der Waals surface area contributed by atoms with Gasteiger partial charge < -0.3 is 10.2 Å². The highest BCUT2D eigenvalue weighted by Crippen LogP contribution is 2.06. The van der Waals surface area contributed by atoms with Crippen LogP contribution in [-0.4, -0.2) is 36.6 Å². The number of nitrogens with one attached hydrogen (secondary N) is 1. The average molecular weight is 221 g/mol. The van der Waals surface area contributed by atoms with E-state index >= 15 is 0 Å². The predicted octanol–water partition coefficient (Wildman–Crippen LogP) is 1.76. The molecule has 1 N–H and O–H groups in total. The molecule has 1 rings (SSSR count). The van der Waals surface area contributed by atoms with Crippen LogP contribution in [0.2, 0.25) is 0 Å². The second-order valence-corrected chi connectivity index (χ2v) is 4.77. The fourth-order valence-corrected chi connectivity index (χ4v) is 1.88. The molecule has 0 aromatic carbocycles. The van der Waals surface area contributed by atoms with E-state index in [9.17, 15) is 0 Å². The molecule has 16 heavy (non-hydrogen) atoms. The van der Waals surface area contributed by atoms with Crippen molar-refractivity contribution < 1.29 is 0 Å². The first-order chi connectivity index (χ1) is 7.61. The minimum atomic E-state index is 0.580. The van der Waals surface area contributed by atoms with E-state index in [1.54, 1.807) is 6.20 Å². The first-order valence-electron chi connectivity index (χ1n) is 5.87. The van der Waals surface area contributed by atoms with Crippen molar-refractivity contribution in [1.29, 1.82) is 0 Å². The van der Waals surface area contributed by atoms with Crippen LogP contribution in [-0.2, 0) is 6.54 Å². The molecule has 1 heterocycles. The van der Waals surface area contributed by atoms with Gasteiger partial charge in [-0.1, -0.05) is 19.9 Å². The van der Waals surface area contributed by atoms with Crippen LogP contribution in [0.25, 0.3) is 0 Å². The van der Waals surface area contributed by atoms with Crippen LogP contribution in [0.1, 0.15) is 19.4 Å². The molecule has 0 radical (unpaired) electrons. The molecule has 0 fully saturated rings. The van der Waals surface area contributed by atoms with E-state index in [-0.39, 0.29) is 0 Å². The number of aromatic nitrogens is 1. The molecule has 0 spiro atoms. The molecule has 1 unspecified atom stereocenters. The molecule has 1 aromatic rings. The van der Waals surface area contributed by atoms with Gasteiger partial charge >= 0.3 is 0 Å². The maximum absolute atomic E-state index is 4.10. The van der Waals surface area contributed by atoms with E-state index in [2.05, 4.69) is 49.2 Å². The molecule has 3 heteroatoms. The SMILES string of the molecule is CC(C)C(CNCc1cccnc1)N(C)C. The molecule has 0 bridgehead atoms. The van der Waals surface area contributed by atoms with Crippen molar-refractivity contribution in [1.82, 2.24) is 15.2 Å². The average Bonchev–Trinajstić information content (AvgIpc) is 2.24. The van der Waals surface area contributed by atoms with E-state index in [0.29, 0.717) is 12.0 Å². The monoisotopic (exact) mass is 221 g/mol. The Morgan fingerprint density at radius 1 is 1.38 bits per heavy atom. The molecular formula is C13H23N3. The third-order valence-corrected chi connectivity index (χ3v) is 2.84. The topological polar surface area (TPSA) is 28.2 Å². The van der Waals surface area contributed by atoms with Gasteiger partial charge in [0.2, 0.25) is 0 Å². The third kappa shape index (κ3) is 4.29. The molecular weight excluding hydrogens is 198 g/mol. The van der Waals surface area contributed by atoms with Gasteiger partial charge in [-0.3, -0.25) is 4.98 Å². The lowest BCUT2D eigenvalue weighted by Gasteiger charge is -2.28. The summed E-state index contributed by atoms with van der Waals surface area (Å²) in [5.41, 5.74) is 1.24. The zero-order chi connectivity index (χ0) is 12.0. The quantitative estimate of drug-likeness (QED) is 0.793. The highest BCUT2D eigenvalue weighted by Gasteiger charge is 2.14. The second-order valence-electron chi connectivity index (χ2n) is 4.77. The molecule has 0 amide bonds. The molecule has 1 atom stereocenters. The van der Waals surface area contributed by atoms with Crippen LogP contribution in [0.5, 0.6) is 0 Å². The van der Waals surface area contributed by atoms with Gasteiger partial charge in [-0.25, -0.2) is 0 Å². The maximum Gasteiger partial charge on any atom is 0.0312 e. The predicted molar refractivity (Wildman–Crippen MR) is 68.3 cm³/mol. The van der Waals surface area contributed by atoms with Crippen LogP contribution in [0, 0.1) is 5.92 Å². The molecule has 90 valence electrons. The minimum Gasteiger partial charge on any atom is -0.311 e.